The Morgan fingerprint density at radius 3 is 1.23 bits per heavy atom. The molecule has 269 valence electrons. The Kier molecular flexibility index (Phi) is 21.0. The van der Waals surface area contributed by atoms with Crippen LogP contribution < -0.4 is 10.2 Å². The van der Waals surface area contributed by atoms with Crippen molar-refractivity contribution < 1.29 is 46.8 Å². The number of aliphatic imine (C=N–C) groups is 2. The molecule has 1 aliphatic carbocycles. The van der Waals surface area contributed by atoms with E-state index in [-0.39, 0.29) is 28.9 Å². The molecule has 0 aliphatic heterocycles. The van der Waals surface area contributed by atoms with Crippen molar-refractivity contribution in [3.05, 3.63) is 57.6 Å². The fraction of sp³-hybridized carbons (Fsp3) is 0.590. The van der Waals surface area contributed by atoms with Gasteiger partial charge < -0.3 is 30.0 Å². The number of phenols is 2. The first-order valence-electron chi connectivity index (χ1n) is 17.0. The van der Waals surface area contributed by atoms with Gasteiger partial charge in [0.1, 0.15) is 11.5 Å². The molecule has 9 heteroatoms. The van der Waals surface area contributed by atoms with Crippen molar-refractivity contribution in [2.45, 2.75) is 126 Å². The van der Waals surface area contributed by atoms with Crippen molar-refractivity contribution in [1.29, 1.82) is 0 Å². The molecule has 0 spiro atoms. The van der Waals surface area contributed by atoms with Crippen molar-refractivity contribution in [2.75, 3.05) is 0 Å². The summed E-state index contributed by atoms with van der Waals surface area (Å²) < 4.78 is 0. The molecule has 1 radical (unpaired) electrons. The van der Waals surface area contributed by atoms with Gasteiger partial charge in [0.2, 0.25) is 0 Å². The van der Waals surface area contributed by atoms with E-state index in [2.05, 4.69) is 79.7 Å². The maximum absolute atomic E-state index is 11.0. The minimum Gasteiger partial charge on any atom is -0.550 e. The van der Waals surface area contributed by atoms with E-state index in [4.69, 9.17) is 29.8 Å². The molecule has 0 saturated heterocycles. The van der Waals surface area contributed by atoms with Gasteiger partial charge in [0.25, 0.3) is 0 Å². The molecule has 2 atom stereocenters. The zero-order chi connectivity index (χ0) is 35.8. The molecule has 0 amide bonds. The Bertz CT molecular complexity index is 1240. The van der Waals surface area contributed by atoms with Gasteiger partial charge in [-0.3, -0.25) is 9.98 Å². The van der Waals surface area contributed by atoms with Gasteiger partial charge in [-0.2, -0.15) is 0 Å². The van der Waals surface area contributed by atoms with Crippen LogP contribution in [0.1, 0.15) is 122 Å². The van der Waals surface area contributed by atoms with E-state index in [0.29, 0.717) is 35.2 Å². The molecular formula is C39H58CoN2O6. The number of benzene rings is 2. The Morgan fingerprint density at radius 1 is 0.667 bits per heavy atom. The second kappa shape index (κ2) is 22.5. The molecule has 3 rings (SSSR count). The molecule has 0 bridgehead atoms. The summed E-state index contributed by atoms with van der Waals surface area (Å²) in [4.78, 5) is 27.6. The molecule has 1 saturated carbocycles. The van der Waals surface area contributed by atoms with Crippen molar-refractivity contribution in [1.82, 2.24) is 0 Å². The molecule has 2 aromatic carbocycles. The number of carboxylic acids is 2. The van der Waals surface area contributed by atoms with Crippen LogP contribution >= 0.6 is 0 Å². The fourth-order valence-corrected chi connectivity index (χ4v) is 5.72. The van der Waals surface area contributed by atoms with Crippen LogP contribution in [0.5, 0.6) is 11.5 Å². The number of aromatic hydroxyl groups is 2. The SMILES string of the molecule is CC(=O)[O-].CC(=O)[O-].CC(C)Cc1cc(C=NC2CCC(N=Cc3cc(CC(C)C)cc(CC(C)C)c3O)C2)c(O)c(CC(C)C)c1.[Co+2]. The maximum atomic E-state index is 11.0. The summed E-state index contributed by atoms with van der Waals surface area (Å²) in [6.07, 6.45) is 10.4. The second-order valence-corrected chi connectivity index (χ2v) is 14.4. The van der Waals surface area contributed by atoms with E-state index in [0.717, 1.165) is 81.0 Å². The van der Waals surface area contributed by atoms with Crippen molar-refractivity contribution in [3.8, 4) is 11.5 Å². The Morgan fingerprint density at radius 2 is 0.958 bits per heavy atom. The minimum absolute atomic E-state index is 0. The third-order valence-electron chi connectivity index (χ3n) is 7.33. The minimum atomic E-state index is -1.08. The van der Waals surface area contributed by atoms with Gasteiger partial charge in [-0.05, 0) is 117 Å². The average molecular weight is 710 g/mol. The number of hydrogen-bond acceptors (Lipinski definition) is 8. The van der Waals surface area contributed by atoms with E-state index in [1.54, 1.807) is 0 Å². The average Bonchev–Trinajstić information content (AvgIpc) is 3.36. The Balaban J connectivity index is 0.00000221. The third-order valence-corrected chi connectivity index (χ3v) is 7.33. The van der Waals surface area contributed by atoms with Gasteiger partial charge in [-0.1, -0.05) is 67.5 Å². The molecule has 0 aromatic heterocycles. The molecular weight excluding hydrogens is 651 g/mol. The quantitative estimate of drug-likeness (QED) is 0.264. The molecule has 1 aliphatic rings. The molecule has 0 heterocycles. The van der Waals surface area contributed by atoms with Crippen LogP contribution in [-0.4, -0.2) is 46.7 Å². The Labute approximate surface area is 299 Å². The maximum Gasteiger partial charge on any atom is 2.00 e. The van der Waals surface area contributed by atoms with Gasteiger partial charge >= 0.3 is 16.8 Å². The zero-order valence-corrected chi connectivity index (χ0v) is 31.7. The summed E-state index contributed by atoms with van der Waals surface area (Å²) >= 11 is 0. The second-order valence-electron chi connectivity index (χ2n) is 14.4. The monoisotopic (exact) mass is 709 g/mol. The predicted octanol–water partition coefficient (Wildman–Crippen LogP) is 5.86. The van der Waals surface area contributed by atoms with Crippen LogP contribution in [0.2, 0.25) is 0 Å². The summed E-state index contributed by atoms with van der Waals surface area (Å²) in [7, 11) is 0. The summed E-state index contributed by atoms with van der Waals surface area (Å²) in [5.74, 6) is 0.673. The summed E-state index contributed by atoms with van der Waals surface area (Å²) in [6.45, 7) is 19.6. The van der Waals surface area contributed by atoms with Crippen LogP contribution in [0, 0.1) is 23.7 Å². The predicted molar refractivity (Wildman–Crippen MR) is 188 cm³/mol. The summed E-state index contributed by atoms with van der Waals surface area (Å²) in [5.41, 5.74) is 6.25. The van der Waals surface area contributed by atoms with Crippen molar-refractivity contribution >= 4 is 24.4 Å². The van der Waals surface area contributed by atoms with Gasteiger partial charge in [0.15, 0.2) is 0 Å². The van der Waals surface area contributed by atoms with Crippen molar-refractivity contribution in [2.24, 2.45) is 33.7 Å². The largest absolute Gasteiger partial charge is 2.00 e. The van der Waals surface area contributed by atoms with E-state index in [9.17, 15) is 10.2 Å². The number of aliphatic carboxylic acids is 2. The van der Waals surface area contributed by atoms with E-state index < -0.39 is 11.9 Å². The van der Waals surface area contributed by atoms with Crippen LogP contribution in [0.25, 0.3) is 0 Å². The number of nitrogens with zero attached hydrogens (tertiary/aromatic N) is 2. The number of carbonyl (C=O) groups is 2. The Hall–Kier alpha value is -3.17. The molecule has 2 aromatic rings. The van der Waals surface area contributed by atoms with Crippen LogP contribution in [0.4, 0.5) is 0 Å². The molecule has 2 N–H and O–H groups in total. The van der Waals surface area contributed by atoms with Crippen LogP contribution in [0.15, 0.2) is 34.3 Å². The summed E-state index contributed by atoms with van der Waals surface area (Å²) in [6, 6.07) is 8.96. The third kappa shape index (κ3) is 18.4. The standard InChI is InChI=1S/C35H52N2O2.2C2H4O2.Co/c1-22(2)11-26-15-28(13-24(5)6)34(38)30(17-26)20-36-32-9-10-33(19-32)37-21-31-18-27(12-23(3)4)16-29(35(31)39)14-25(7)8;2*1-2(3)4;/h15-18,20-25,32-33,38-39H,9-14,19H2,1-8H3;2*1H3,(H,3,4);/q;;;+2/p-2. The number of carboxylic acid groups (broad SMARTS) is 2. The van der Waals surface area contributed by atoms with E-state index in [1.165, 1.54) is 11.1 Å². The first kappa shape index (κ1) is 44.8. The van der Waals surface area contributed by atoms with E-state index >= 15 is 0 Å². The van der Waals surface area contributed by atoms with E-state index in [1.807, 2.05) is 12.4 Å². The summed E-state index contributed by atoms with van der Waals surface area (Å²) in [5, 5.41) is 39.7. The molecule has 1 fully saturated rings. The van der Waals surface area contributed by atoms with Gasteiger partial charge in [0.05, 0.1) is 12.1 Å². The number of phenolic OH excluding ortho intramolecular Hbond substituents is 2. The van der Waals surface area contributed by atoms with Crippen molar-refractivity contribution in [3.63, 3.8) is 0 Å². The number of hydrogen-bond donors (Lipinski definition) is 2. The number of rotatable bonds is 12. The van der Waals surface area contributed by atoms with Gasteiger partial charge in [0, 0.05) is 35.5 Å². The molecule has 2 unspecified atom stereocenters. The first-order valence-corrected chi connectivity index (χ1v) is 17.0. The smallest absolute Gasteiger partial charge is 0.550 e. The zero-order valence-electron chi connectivity index (χ0n) is 30.6. The fourth-order valence-electron chi connectivity index (χ4n) is 5.72. The molecule has 48 heavy (non-hydrogen) atoms. The number of carbonyl (C=O) groups excluding carboxylic acids is 2. The van der Waals surface area contributed by atoms with Gasteiger partial charge in [-0.15, -0.1) is 0 Å². The topological polar surface area (TPSA) is 145 Å². The normalized spacial score (nSPS) is 15.9. The van der Waals surface area contributed by atoms with Crippen LogP contribution in [-0.2, 0) is 52.1 Å². The first-order chi connectivity index (χ1) is 21.9. The van der Waals surface area contributed by atoms with Crippen LogP contribution in [0.3, 0.4) is 0 Å². The molecule has 8 nitrogen and oxygen atoms in total. The van der Waals surface area contributed by atoms with Gasteiger partial charge in [-0.25, -0.2) is 0 Å².